The van der Waals surface area contributed by atoms with Crippen molar-refractivity contribution in [3.63, 3.8) is 0 Å². The zero-order valence-electron chi connectivity index (χ0n) is 22.1. The standard InChI is InChI=1S/C30H34N6OS/c1-21(2)34-14-16-35(17-15-34)24-9-7-23(8-10-24)28-25-18-22(6-11-26(25)31-20-32-28)19-27-29(37)33-30(38-27)36-12-4-3-5-13-36/h6-11,18-21H,3-5,12-17H2,1-2H3. The van der Waals surface area contributed by atoms with Crippen molar-refractivity contribution >= 4 is 45.5 Å². The van der Waals surface area contributed by atoms with Gasteiger partial charge in [0.1, 0.15) is 6.33 Å². The smallest absolute Gasteiger partial charge is 0.286 e. The number of piperidine rings is 1. The van der Waals surface area contributed by atoms with Gasteiger partial charge in [-0.15, -0.1) is 0 Å². The second kappa shape index (κ2) is 10.9. The number of carbonyl (C=O) groups excluding carboxylic acids is 1. The first-order valence-electron chi connectivity index (χ1n) is 13.7. The number of likely N-dealkylation sites (tertiary alicyclic amines) is 1. The molecular weight excluding hydrogens is 492 g/mol. The highest BCUT2D eigenvalue weighted by Gasteiger charge is 2.27. The van der Waals surface area contributed by atoms with Gasteiger partial charge >= 0.3 is 0 Å². The van der Waals surface area contributed by atoms with Crippen LogP contribution in [0.3, 0.4) is 0 Å². The van der Waals surface area contributed by atoms with Crippen LogP contribution in [0.1, 0.15) is 38.7 Å². The molecule has 2 fully saturated rings. The van der Waals surface area contributed by atoms with Gasteiger partial charge in [0.05, 0.1) is 16.1 Å². The van der Waals surface area contributed by atoms with E-state index >= 15 is 0 Å². The molecule has 196 valence electrons. The summed E-state index contributed by atoms with van der Waals surface area (Å²) in [6.07, 6.45) is 7.16. The van der Waals surface area contributed by atoms with Crippen LogP contribution in [-0.4, -0.2) is 76.2 Å². The third kappa shape index (κ3) is 5.20. The Morgan fingerprint density at radius 2 is 1.63 bits per heavy atom. The molecule has 8 heteroatoms. The topological polar surface area (TPSA) is 64.9 Å². The van der Waals surface area contributed by atoms with Crippen LogP contribution in [0.4, 0.5) is 5.69 Å². The summed E-state index contributed by atoms with van der Waals surface area (Å²) in [5.74, 6) is -0.148. The lowest BCUT2D eigenvalue weighted by atomic mass is 10.0. The number of nitrogens with zero attached hydrogens (tertiary/aromatic N) is 6. The molecule has 0 bridgehead atoms. The SMILES string of the molecule is CC(C)N1CCN(c2ccc(-c3ncnc4ccc(C=C5SC(N6CCCCC6)=NC5=O)cc34)cc2)CC1. The molecule has 0 N–H and O–H groups in total. The molecule has 38 heavy (non-hydrogen) atoms. The number of aliphatic imine (C=N–C) groups is 1. The third-order valence-electron chi connectivity index (χ3n) is 7.74. The first kappa shape index (κ1) is 25.1. The van der Waals surface area contributed by atoms with Gasteiger partial charge < -0.3 is 9.80 Å². The maximum atomic E-state index is 12.7. The Labute approximate surface area is 228 Å². The zero-order valence-corrected chi connectivity index (χ0v) is 23.0. The van der Waals surface area contributed by atoms with Gasteiger partial charge in [-0.3, -0.25) is 9.69 Å². The number of piperazine rings is 1. The number of anilines is 1. The summed E-state index contributed by atoms with van der Waals surface area (Å²) in [5.41, 5.74) is 5.07. The van der Waals surface area contributed by atoms with E-state index in [0.717, 1.165) is 85.0 Å². The van der Waals surface area contributed by atoms with E-state index in [2.05, 4.69) is 73.8 Å². The number of benzene rings is 2. The highest BCUT2D eigenvalue weighted by Crippen LogP contribution is 2.33. The first-order chi connectivity index (χ1) is 18.5. The van der Waals surface area contributed by atoms with E-state index in [4.69, 9.17) is 0 Å². The number of carbonyl (C=O) groups is 1. The molecule has 2 saturated heterocycles. The van der Waals surface area contributed by atoms with Crippen LogP contribution in [-0.2, 0) is 4.79 Å². The monoisotopic (exact) mass is 526 g/mol. The Kier molecular flexibility index (Phi) is 7.17. The van der Waals surface area contributed by atoms with Gasteiger partial charge in [0.15, 0.2) is 5.17 Å². The van der Waals surface area contributed by atoms with E-state index in [1.54, 1.807) is 6.33 Å². The summed E-state index contributed by atoms with van der Waals surface area (Å²) >= 11 is 1.49. The van der Waals surface area contributed by atoms with E-state index in [9.17, 15) is 4.79 Å². The summed E-state index contributed by atoms with van der Waals surface area (Å²) in [4.78, 5) is 34.1. The van der Waals surface area contributed by atoms with Crippen molar-refractivity contribution in [2.24, 2.45) is 4.99 Å². The largest absolute Gasteiger partial charge is 0.369 e. The summed E-state index contributed by atoms with van der Waals surface area (Å²) in [6.45, 7) is 10.8. The van der Waals surface area contributed by atoms with Crippen molar-refractivity contribution < 1.29 is 4.79 Å². The lowest BCUT2D eigenvalue weighted by Gasteiger charge is -2.38. The summed E-state index contributed by atoms with van der Waals surface area (Å²) in [7, 11) is 0. The Balaban J connectivity index is 1.22. The second-order valence-corrected chi connectivity index (χ2v) is 11.5. The predicted octanol–water partition coefficient (Wildman–Crippen LogP) is 5.28. The van der Waals surface area contributed by atoms with Crippen LogP contribution in [0.25, 0.3) is 28.2 Å². The summed E-state index contributed by atoms with van der Waals surface area (Å²) in [6, 6.07) is 15.4. The summed E-state index contributed by atoms with van der Waals surface area (Å²) in [5, 5.41) is 1.82. The van der Waals surface area contributed by atoms with E-state index in [0.29, 0.717) is 10.9 Å². The Bertz CT molecular complexity index is 1390. The van der Waals surface area contributed by atoms with E-state index in [1.165, 1.54) is 23.9 Å². The molecule has 2 aromatic carbocycles. The van der Waals surface area contributed by atoms with Crippen LogP contribution >= 0.6 is 11.8 Å². The Hall–Kier alpha value is -3.23. The number of hydrogen-bond acceptors (Lipinski definition) is 7. The maximum absolute atomic E-state index is 12.7. The van der Waals surface area contributed by atoms with Crippen molar-refractivity contribution in [3.8, 4) is 11.3 Å². The average Bonchev–Trinajstić information content (AvgIpc) is 3.33. The number of thioether (sulfide) groups is 1. The lowest BCUT2D eigenvalue weighted by molar-refractivity contribution is -0.113. The van der Waals surface area contributed by atoms with Gasteiger partial charge in [0.2, 0.25) is 0 Å². The molecule has 1 amide bonds. The summed E-state index contributed by atoms with van der Waals surface area (Å²) < 4.78 is 0. The van der Waals surface area contributed by atoms with Crippen LogP contribution in [0, 0.1) is 0 Å². The van der Waals surface area contributed by atoms with Gasteiger partial charge in [-0.25, -0.2) is 9.97 Å². The van der Waals surface area contributed by atoms with Gasteiger partial charge in [-0.2, -0.15) is 4.99 Å². The minimum Gasteiger partial charge on any atom is -0.369 e. The molecule has 1 aromatic heterocycles. The van der Waals surface area contributed by atoms with E-state index < -0.39 is 0 Å². The molecule has 0 unspecified atom stereocenters. The van der Waals surface area contributed by atoms with Gasteiger partial charge in [-0.1, -0.05) is 18.2 Å². The van der Waals surface area contributed by atoms with Crippen LogP contribution in [0.5, 0.6) is 0 Å². The molecule has 0 radical (unpaired) electrons. The minimum absolute atomic E-state index is 0.148. The molecule has 3 aliphatic heterocycles. The highest BCUT2D eigenvalue weighted by atomic mass is 32.2. The minimum atomic E-state index is -0.148. The van der Waals surface area contributed by atoms with Crippen molar-refractivity contribution in [2.45, 2.75) is 39.2 Å². The molecule has 4 heterocycles. The first-order valence-corrected chi connectivity index (χ1v) is 14.5. The molecular formula is C30H34N6OS. The third-order valence-corrected chi connectivity index (χ3v) is 8.79. The number of rotatable bonds is 4. The highest BCUT2D eigenvalue weighted by molar-refractivity contribution is 8.18. The fourth-order valence-corrected chi connectivity index (χ4v) is 6.46. The van der Waals surface area contributed by atoms with Gasteiger partial charge in [-0.05, 0) is 80.8 Å². The molecule has 0 spiro atoms. The Morgan fingerprint density at radius 3 is 2.37 bits per heavy atom. The van der Waals surface area contributed by atoms with E-state index in [-0.39, 0.29) is 5.91 Å². The van der Waals surface area contributed by atoms with Crippen molar-refractivity contribution in [1.29, 1.82) is 0 Å². The van der Waals surface area contributed by atoms with Crippen LogP contribution in [0.2, 0.25) is 0 Å². The van der Waals surface area contributed by atoms with Crippen molar-refractivity contribution in [3.05, 3.63) is 59.3 Å². The Morgan fingerprint density at radius 1 is 0.868 bits per heavy atom. The van der Waals surface area contributed by atoms with Gasteiger partial charge in [0, 0.05) is 61.9 Å². The van der Waals surface area contributed by atoms with Crippen molar-refractivity contribution in [1.82, 2.24) is 19.8 Å². The lowest BCUT2D eigenvalue weighted by Crippen LogP contribution is -2.48. The fraction of sp³-hybridized carbons (Fsp3) is 0.400. The molecule has 0 atom stereocenters. The molecule has 3 aliphatic rings. The molecule has 3 aromatic rings. The predicted molar refractivity (Wildman–Crippen MR) is 157 cm³/mol. The number of aromatic nitrogens is 2. The van der Waals surface area contributed by atoms with Crippen LogP contribution in [0.15, 0.2) is 58.7 Å². The number of fused-ring (bicyclic) bond motifs is 1. The molecule has 0 saturated carbocycles. The zero-order chi connectivity index (χ0) is 26.1. The second-order valence-electron chi connectivity index (χ2n) is 10.5. The quantitative estimate of drug-likeness (QED) is 0.429. The molecule has 0 aliphatic carbocycles. The number of amidine groups is 1. The van der Waals surface area contributed by atoms with Gasteiger partial charge in [0.25, 0.3) is 5.91 Å². The number of hydrogen-bond donors (Lipinski definition) is 0. The van der Waals surface area contributed by atoms with Crippen molar-refractivity contribution in [2.75, 3.05) is 44.2 Å². The van der Waals surface area contributed by atoms with Crippen LogP contribution < -0.4 is 4.90 Å². The number of amides is 1. The fourth-order valence-electron chi connectivity index (χ4n) is 5.49. The average molecular weight is 527 g/mol. The molecule has 6 rings (SSSR count). The molecule has 7 nitrogen and oxygen atoms in total. The van der Waals surface area contributed by atoms with E-state index in [1.807, 2.05) is 18.2 Å². The maximum Gasteiger partial charge on any atom is 0.286 e. The normalized spacial score (nSPS) is 20.1.